The summed E-state index contributed by atoms with van der Waals surface area (Å²) in [7, 11) is 0. The first-order valence-electron chi connectivity index (χ1n) is 8.58. The number of nitro benzene ring substituents is 2. The number of allylic oxidation sites excluding steroid dienone is 2. The Morgan fingerprint density at radius 1 is 1.04 bits per heavy atom. The molecule has 9 nitrogen and oxygen atoms in total. The van der Waals surface area contributed by atoms with Crippen molar-refractivity contribution in [3.8, 4) is 0 Å². The van der Waals surface area contributed by atoms with Gasteiger partial charge in [0.15, 0.2) is 0 Å². The molecule has 0 unspecified atom stereocenters. The lowest BCUT2D eigenvalue weighted by Crippen LogP contribution is -2.33. The molecule has 0 spiro atoms. The normalized spacial score (nSPS) is 22.1. The summed E-state index contributed by atoms with van der Waals surface area (Å²) >= 11 is 0. The van der Waals surface area contributed by atoms with Gasteiger partial charge in [-0.3, -0.25) is 20.2 Å². The molecule has 1 aliphatic heterocycles. The van der Waals surface area contributed by atoms with Crippen LogP contribution in [-0.2, 0) is 0 Å². The predicted octanol–water partition coefficient (Wildman–Crippen LogP) is 2.69. The van der Waals surface area contributed by atoms with Crippen LogP contribution in [0.2, 0.25) is 0 Å². The number of nitro groups is 2. The van der Waals surface area contributed by atoms with Crippen LogP contribution in [0.15, 0.2) is 48.6 Å². The van der Waals surface area contributed by atoms with Crippen LogP contribution in [0.3, 0.4) is 0 Å². The molecule has 2 aromatic rings. The molecule has 2 aliphatic rings. The second kappa shape index (κ2) is 6.45. The number of carbonyl (C=O) groups is 1. The van der Waals surface area contributed by atoms with E-state index in [9.17, 15) is 30.1 Å². The van der Waals surface area contributed by atoms with Crippen molar-refractivity contribution in [1.82, 2.24) is 0 Å². The summed E-state index contributed by atoms with van der Waals surface area (Å²) in [5.41, 5.74) is 0.911. The number of fused-ring (bicyclic) bond motifs is 3. The number of nitrogens with one attached hydrogen (secondary N) is 1. The first-order chi connectivity index (χ1) is 13.4. The fraction of sp³-hybridized carbons (Fsp3) is 0.211. The predicted molar refractivity (Wildman–Crippen MR) is 96.9 cm³/mol. The number of carbonyl (C=O) groups excluding carboxylic acids is 1. The Balaban J connectivity index is 1.86. The van der Waals surface area contributed by atoms with Crippen LogP contribution >= 0.6 is 0 Å². The Kier molecular flexibility index (Phi) is 4.07. The molecule has 0 aromatic heterocycles. The molecule has 0 fully saturated rings. The van der Waals surface area contributed by atoms with E-state index in [4.69, 9.17) is 0 Å². The van der Waals surface area contributed by atoms with E-state index in [0.29, 0.717) is 12.0 Å². The second-order valence-electron chi connectivity index (χ2n) is 6.79. The zero-order chi connectivity index (χ0) is 20.0. The highest BCUT2D eigenvalue weighted by atomic mass is 16.6. The summed E-state index contributed by atoms with van der Waals surface area (Å²) in [5.74, 6) is -1.85. The van der Waals surface area contributed by atoms with Crippen molar-refractivity contribution in [3.63, 3.8) is 0 Å². The average Bonchev–Trinajstić information content (AvgIpc) is 3.16. The van der Waals surface area contributed by atoms with E-state index in [0.717, 1.165) is 5.56 Å². The summed E-state index contributed by atoms with van der Waals surface area (Å²) in [4.78, 5) is 33.0. The smallest absolute Gasteiger partial charge is 0.275 e. The topological polar surface area (TPSA) is 138 Å². The molecule has 3 atom stereocenters. The standard InChI is InChI=1S/C19H15N3O6/c23-19(24)14-8-9-15(22(27)28)16-12-2-1-3-13(12)17(20-18(14)16)10-4-6-11(7-5-10)21(25)26/h1-2,4-9,12-13,17,20H,3H2,(H,23,24)/p-1/t12-,13-,17+/m0/s1. The van der Waals surface area contributed by atoms with E-state index in [1.807, 2.05) is 12.2 Å². The minimum absolute atomic E-state index is 0.0490. The first-order valence-corrected chi connectivity index (χ1v) is 8.58. The summed E-state index contributed by atoms with van der Waals surface area (Å²) in [6.45, 7) is 0. The SMILES string of the molecule is O=C([O-])c1ccc([N+](=O)[O-])c2c1N[C@H](c1ccc([N+](=O)[O-])cc1)[C@H]1CC=C[C@H]21. The molecule has 2 aromatic carbocycles. The maximum absolute atomic E-state index is 11.6. The van der Waals surface area contributed by atoms with Crippen LogP contribution in [0.1, 0.15) is 39.9 Å². The van der Waals surface area contributed by atoms with Gasteiger partial charge in [-0.05, 0) is 24.0 Å². The van der Waals surface area contributed by atoms with Crippen LogP contribution in [0.4, 0.5) is 17.1 Å². The third kappa shape index (κ3) is 2.68. The summed E-state index contributed by atoms with van der Waals surface area (Å²) < 4.78 is 0. The molecule has 0 radical (unpaired) electrons. The van der Waals surface area contributed by atoms with Crippen molar-refractivity contribution in [3.05, 3.63) is 85.5 Å². The molecule has 0 bridgehead atoms. The summed E-state index contributed by atoms with van der Waals surface area (Å²) in [5, 5.41) is 37.2. The number of rotatable bonds is 4. The molecule has 1 heterocycles. The number of benzene rings is 2. The van der Waals surface area contributed by atoms with Gasteiger partial charge in [0.25, 0.3) is 11.4 Å². The Hall–Kier alpha value is -3.75. The third-order valence-corrected chi connectivity index (χ3v) is 5.38. The highest BCUT2D eigenvalue weighted by molar-refractivity contribution is 5.95. The average molecular weight is 380 g/mol. The number of non-ortho nitro benzene ring substituents is 1. The van der Waals surface area contributed by atoms with Gasteiger partial charge in [0.1, 0.15) is 0 Å². The van der Waals surface area contributed by atoms with Crippen LogP contribution < -0.4 is 10.4 Å². The molecular weight excluding hydrogens is 366 g/mol. The number of carboxylic acids is 1. The van der Waals surface area contributed by atoms with E-state index in [1.54, 1.807) is 12.1 Å². The number of hydrogen-bond acceptors (Lipinski definition) is 7. The Morgan fingerprint density at radius 2 is 1.75 bits per heavy atom. The zero-order valence-corrected chi connectivity index (χ0v) is 14.4. The van der Waals surface area contributed by atoms with E-state index >= 15 is 0 Å². The molecule has 142 valence electrons. The van der Waals surface area contributed by atoms with Gasteiger partial charge in [-0.15, -0.1) is 0 Å². The third-order valence-electron chi connectivity index (χ3n) is 5.38. The molecule has 9 heteroatoms. The first kappa shape index (κ1) is 17.7. The van der Waals surface area contributed by atoms with Crippen molar-refractivity contribution in [2.24, 2.45) is 5.92 Å². The largest absolute Gasteiger partial charge is 0.545 e. The van der Waals surface area contributed by atoms with Crippen LogP contribution in [0, 0.1) is 26.1 Å². The van der Waals surface area contributed by atoms with Crippen molar-refractivity contribution in [1.29, 1.82) is 0 Å². The molecule has 4 rings (SSSR count). The van der Waals surface area contributed by atoms with Gasteiger partial charge in [-0.2, -0.15) is 0 Å². The lowest BCUT2D eigenvalue weighted by Gasteiger charge is -2.38. The molecule has 1 N–H and O–H groups in total. The quantitative estimate of drug-likeness (QED) is 0.489. The van der Waals surface area contributed by atoms with Crippen molar-refractivity contribution >= 4 is 23.0 Å². The van der Waals surface area contributed by atoms with Gasteiger partial charge >= 0.3 is 0 Å². The molecule has 1 aliphatic carbocycles. The van der Waals surface area contributed by atoms with E-state index in [-0.39, 0.29) is 40.5 Å². The molecule has 0 saturated carbocycles. The number of aromatic carboxylic acids is 1. The maximum atomic E-state index is 11.6. The van der Waals surface area contributed by atoms with E-state index < -0.39 is 15.8 Å². The van der Waals surface area contributed by atoms with Crippen LogP contribution in [-0.4, -0.2) is 15.8 Å². The van der Waals surface area contributed by atoms with Crippen molar-refractivity contribution in [2.75, 3.05) is 5.32 Å². The fourth-order valence-electron chi connectivity index (χ4n) is 4.15. The lowest BCUT2D eigenvalue weighted by molar-refractivity contribution is -0.385. The monoisotopic (exact) mass is 380 g/mol. The minimum Gasteiger partial charge on any atom is -0.545 e. The lowest BCUT2D eigenvalue weighted by atomic mass is 9.75. The summed E-state index contributed by atoms with van der Waals surface area (Å²) in [6, 6.07) is 8.02. The van der Waals surface area contributed by atoms with Gasteiger partial charge in [0.2, 0.25) is 0 Å². The van der Waals surface area contributed by atoms with Gasteiger partial charge in [0, 0.05) is 29.7 Å². The Bertz CT molecular complexity index is 1030. The van der Waals surface area contributed by atoms with Gasteiger partial charge < -0.3 is 15.2 Å². The zero-order valence-electron chi connectivity index (χ0n) is 14.4. The maximum Gasteiger partial charge on any atom is 0.275 e. The second-order valence-corrected chi connectivity index (χ2v) is 6.79. The van der Waals surface area contributed by atoms with Crippen molar-refractivity contribution in [2.45, 2.75) is 18.4 Å². The van der Waals surface area contributed by atoms with Crippen LogP contribution in [0.5, 0.6) is 0 Å². The number of anilines is 1. The molecule has 28 heavy (non-hydrogen) atoms. The fourth-order valence-corrected chi connectivity index (χ4v) is 4.15. The molecular formula is C19H14N3O6-. The molecule has 0 saturated heterocycles. The van der Waals surface area contributed by atoms with Crippen LogP contribution in [0.25, 0.3) is 0 Å². The van der Waals surface area contributed by atoms with Gasteiger partial charge in [-0.25, -0.2) is 0 Å². The number of hydrogen-bond donors (Lipinski definition) is 1. The highest BCUT2D eigenvalue weighted by Crippen LogP contribution is 2.53. The van der Waals surface area contributed by atoms with E-state index in [2.05, 4.69) is 5.32 Å². The van der Waals surface area contributed by atoms with Crippen molar-refractivity contribution < 1.29 is 19.7 Å². The van der Waals surface area contributed by atoms with Gasteiger partial charge in [0.05, 0.1) is 33.1 Å². The highest BCUT2D eigenvalue weighted by Gasteiger charge is 2.42. The van der Waals surface area contributed by atoms with E-state index in [1.165, 1.54) is 24.3 Å². The Morgan fingerprint density at radius 3 is 2.36 bits per heavy atom. The minimum atomic E-state index is -1.43. The summed E-state index contributed by atoms with van der Waals surface area (Å²) in [6.07, 6.45) is 4.42. The number of carboxylic acid groups (broad SMARTS) is 1. The number of nitrogens with zero attached hydrogens (tertiary/aromatic N) is 2. The van der Waals surface area contributed by atoms with Gasteiger partial charge in [-0.1, -0.05) is 24.3 Å². The molecule has 0 amide bonds. The Labute approximate surface area is 158 Å².